The highest BCUT2D eigenvalue weighted by atomic mass is 35.5. The van der Waals surface area contributed by atoms with E-state index in [9.17, 15) is 4.79 Å². The minimum atomic E-state index is -0.172. The van der Waals surface area contributed by atoms with Crippen molar-refractivity contribution in [3.05, 3.63) is 51.8 Å². The lowest BCUT2D eigenvalue weighted by Crippen LogP contribution is -2.40. The maximum absolute atomic E-state index is 12.7. The van der Waals surface area contributed by atoms with Gasteiger partial charge in [0.1, 0.15) is 5.15 Å². The predicted molar refractivity (Wildman–Crippen MR) is 107 cm³/mol. The van der Waals surface area contributed by atoms with Crippen LogP contribution < -0.4 is 5.32 Å². The molecular formula is C20H29ClN4O. The number of carbonyl (C=O) groups is 1. The summed E-state index contributed by atoms with van der Waals surface area (Å²) >= 11 is 6.47. The van der Waals surface area contributed by atoms with Gasteiger partial charge in [0.25, 0.3) is 5.91 Å². The van der Waals surface area contributed by atoms with E-state index in [4.69, 9.17) is 11.6 Å². The third-order valence-electron chi connectivity index (χ3n) is 4.22. The maximum atomic E-state index is 12.7. The summed E-state index contributed by atoms with van der Waals surface area (Å²) in [5.74, 6) is -0.172. The summed E-state index contributed by atoms with van der Waals surface area (Å²) in [5.41, 5.74) is 3.37. The lowest BCUT2D eigenvalue weighted by molar-refractivity contribution is 0.0928. The normalized spacial score (nSPS) is 11.8. The molecule has 0 spiro atoms. The van der Waals surface area contributed by atoms with Gasteiger partial charge in [0, 0.05) is 13.1 Å². The zero-order valence-corrected chi connectivity index (χ0v) is 17.3. The zero-order chi connectivity index (χ0) is 19.5. The fourth-order valence-electron chi connectivity index (χ4n) is 3.10. The molecule has 0 bridgehead atoms. The quantitative estimate of drug-likeness (QED) is 0.804. The number of hydrogen-bond acceptors (Lipinski definition) is 3. The fourth-order valence-corrected chi connectivity index (χ4v) is 3.42. The molecule has 5 nitrogen and oxygen atoms in total. The van der Waals surface area contributed by atoms with Crippen molar-refractivity contribution in [3.8, 4) is 0 Å². The van der Waals surface area contributed by atoms with E-state index >= 15 is 0 Å². The highest BCUT2D eigenvalue weighted by molar-refractivity contribution is 6.33. The topological polar surface area (TPSA) is 50.2 Å². The zero-order valence-electron chi connectivity index (χ0n) is 16.6. The molecule has 0 unspecified atom stereocenters. The number of amides is 1. The molecule has 0 aliphatic rings. The Morgan fingerprint density at radius 1 is 1.23 bits per heavy atom. The van der Waals surface area contributed by atoms with E-state index in [1.54, 1.807) is 4.68 Å². The Kier molecular flexibility index (Phi) is 6.48. The van der Waals surface area contributed by atoms with Crippen molar-refractivity contribution in [2.75, 3.05) is 27.2 Å². The van der Waals surface area contributed by atoms with Gasteiger partial charge < -0.3 is 10.2 Å². The van der Waals surface area contributed by atoms with Gasteiger partial charge in [-0.2, -0.15) is 5.10 Å². The minimum absolute atomic E-state index is 0.0303. The molecule has 142 valence electrons. The van der Waals surface area contributed by atoms with Gasteiger partial charge in [-0.1, -0.05) is 55.3 Å². The van der Waals surface area contributed by atoms with Crippen LogP contribution in [0.4, 0.5) is 0 Å². The molecule has 0 aliphatic heterocycles. The summed E-state index contributed by atoms with van der Waals surface area (Å²) < 4.78 is 1.68. The molecule has 0 saturated carbocycles. The van der Waals surface area contributed by atoms with Gasteiger partial charge in [-0.05, 0) is 38.9 Å². The minimum Gasteiger partial charge on any atom is -0.351 e. The molecule has 0 aliphatic carbocycles. The second-order valence-electron chi connectivity index (χ2n) is 7.98. The molecule has 1 N–H and O–H groups in total. The summed E-state index contributed by atoms with van der Waals surface area (Å²) in [6.07, 6.45) is 0. The molecule has 6 heteroatoms. The first-order chi connectivity index (χ1) is 12.1. The van der Waals surface area contributed by atoms with Gasteiger partial charge >= 0.3 is 0 Å². The molecule has 0 atom stereocenters. The average molecular weight is 377 g/mol. The number of rotatable bonds is 7. The highest BCUT2D eigenvalue weighted by Gasteiger charge is 2.24. The molecule has 1 aromatic heterocycles. The van der Waals surface area contributed by atoms with E-state index in [0.717, 1.165) is 12.1 Å². The van der Waals surface area contributed by atoms with Crippen LogP contribution in [0, 0.1) is 19.3 Å². The Morgan fingerprint density at radius 3 is 2.42 bits per heavy atom. The second-order valence-corrected chi connectivity index (χ2v) is 8.34. The summed E-state index contributed by atoms with van der Waals surface area (Å²) in [5, 5.41) is 7.85. The van der Waals surface area contributed by atoms with Crippen LogP contribution in [-0.2, 0) is 6.54 Å². The number of halogens is 1. The molecular weight excluding hydrogens is 348 g/mol. The van der Waals surface area contributed by atoms with Crippen molar-refractivity contribution in [1.29, 1.82) is 0 Å². The SMILES string of the molecule is Cc1ccc(Cn2nc(C)c(C(=O)NCC(C)(C)CN(C)C)c2Cl)cc1. The Morgan fingerprint density at radius 2 is 1.85 bits per heavy atom. The summed E-state index contributed by atoms with van der Waals surface area (Å²) in [6.45, 7) is 10.1. The first-order valence-corrected chi connectivity index (χ1v) is 9.18. The van der Waals surface area contributed by atoms with Crippen LogP contribution in [0.15, 0.2) is 24.3 Å². The number of hydrogen-bond donors (Lipinski definition) is 1. The van der Waals surface area contributed by atoms with Crippen molar-refractivity contribution in [1.82, 2.24) is 20.0 Å². The van der Waals surface area contributed by atoms with Gasteiger partial charge in [0.15, 0.2) is 0 Å². The smallest absolute Gasteiger partial charge is 0.256 e. The van der Waals surface area contributed by atoms with E-state index in [0.29, 0.717) is 29.5 Å². The van der Waals surface area contributed by atoms with Crippen LogP contribution in [0.5, 0.6) is 0 Å². The lowest BCUT2D eigenvalue weighted by atomic mass is 9.93. The Bertz CT molecular complexity index is 763. The number of benzene rings is 1. The number of carbonyl (C=O) groups excluding carboxylic acids is 1. The molecule has 1 aromatic carbocycles. The van der Waals surface area contributed by atoms with E-state index in [1.807, 2.05) is 33.2 Å². The summed E-state index contributed by atoms with van der Waals surface area (Å²) in [6, 6.07) is 8.21. The van der Waals surface area contributed by atoms with Gasteiger partial charge in [-0.15, -0.1) is 0 Å². The van der Waals surface area contributed by atoms with Crippen LogP contribution in [0.1, 0.15) is 41.0 Å². The van der Waals surface area contributed by atoms with Crippen LogP contribution in [0.25, 0.3) is 0 Å². The Labute approximate surface area is 161 Å². The molecule has 1 heterocycles. The van der Waals surface area contributed by atoms with Crippen molar-refractivity contribution < 1.29 is 4.79 Å². The van der Waals surface area contributed by atoms with E-state index in [1.165, 1.54) is 5.56 Å². The monoisotopic (exact) mass is 376 g/mol. The first-order valence-electron chi connectivity index (χ1n) is 8.80. The van der Waals surface area contributed by atoms with E-state index < -0.39 is 0 Å². The third kappa shape index (κ3) is 5.32. The van der Waals surface area contributed by atoms with Crippen molar-refractivity contribution in [2.45, 2.75) is 34.2 Å². The largest absolute Gasteiger partial charge is 0.351 e. The van der Waals surface area contributed by atoms with Crippen molar-refractivity contribution in [2.24, 2.45) is 5.41 Å². The van der Waals surface area contributed by atoms with Gasteiger partial charge in [-0.3, -0.25) is 4.79 Å². The molecule has 0 fully saturated rings. The molecule has 0 saturated heterocycles. The van der Waals surface area contributed by atoms with E-state index in [-0.39, 0.29) is 11.3 Å². The van der Waals surface area contributed by atoms with Crippen LogP contribution in [0.2, 0.25) is 5.15 Å². The Hall–Kier alpha value is -1.85. The maximum Gasteiger partial charge on any atom is 0.256 e. The van der Waals surface area contributed by atoms with Crippen molar-refractivity contribution in [3.63, 3.8) is 0 Å². The average Bonchev–Trinajstić information content (AvgIpc) is 2.80. The fraction of sp³-hybridized carbons (Fsp3) is 0.500. The van der Waals surface area contributed by atoms with Crippen LogP contribution in [0.3, 0.4) is 0 Å². The number of nitrogens with one attached hydrogen (secondary N) is 1. The summed E-state index contributed by atoms with van der Waals surface area (Å²) in [7, 11) is 4.05. The van der Waals surface area contributed by atoms with Crippen molar-refractivity contribution >= 4 is 17.5 Å². The predicted octanol–water partition coefficient (Wildman–Crippen LogP) is 3.52. The van der Waals surface area contributed by atoms with Crippen LogP contribution >= 0.6 is 11.6 Å². The third-order valence-corrected chi connectivity index (χ3v) is 4.60. The molecule has 2 aromatic rings. The van der Waals surface area contributed by atoms with Crippen LogP contribution in [-0.4, -0.2) is 47.8 Å². The second kappa shape index (κ2) is 8.23. The van der Waals surface area contributed by atoms with Gasteiger partial charge in [-0.25, -0.2) is 4.68 Å². The standard InChI is InChI=1S/C20H29ClN4O/c1-14-7-9-16(10-8-14)11-25-18(21)17(15(2)23-25)19(26)22-12-20(3,4)13-24(5)6/h7-10H,11-13H2,1-6H3,(H,22,26). The van der Waals surface area contributed by atoms with E-state index in [2.05, 4.69) is 48.2 Å². The Balaban J connectivity index is 2.11. The number of aromatic nitrogens is 2. The van der Waals surface area contributed by atoms with Gasteiger partial charge in [0.05, 0.1) is 17.8 Å². The molecule has 2 rings (SSSR count). The molecule has 26 heavy (non-hydrogen) atoms. The van der Waals surface area contributed by atoms with Gasteiger partial charge in [0.2, 0.25) is 0 Å². The number of aryl methyl sites for hydroxylation is 2. The molecule has 0 radical (unpaired) electrons. The summed E-state index contributed by atoms with van der Waals surface area (Å²) in [4.78, 5) is 14.8. The molecule has 1 amide bonds. The lowest BCUT2D eigenvalue weighted by Gasteiger charge is -2.28. The highest BCUT2D eigenvalue weighted by Crippen LogP contribution is 2.22. The first kappa shape index (κ1) is 20.5. The number of nitrogens with zero attached hydrogens (tertiary/aromatic N) is 3.